The predicted octanol–water partition coefficient (Wildman–Crippen LogP) is 7.68. The highest BCUT2D eigenvalue weighted by Gasteiger charge is 2.17. The molecular formula is C27H31N3. The van der Waals surface area contributed by atoms with E-state index in [1.807, 2.05) is 0 Å². The minimum Gasteiger partial charge on any atom is -0.353 e. The molecule has 3 heteroatoms. The first-order chi connectivity index (χ1) is 14.6. The summed E-state index contributed by atoms with van der Waals surface area (Å²) in [4.78, 5) is 5.17. The van der Waals surface area contributed by atoms with Crippen LogP contribution in [-0.2, 0) is 6.54 Å². The van der Waals surface area contributed by atoms with Gasteiger partial charge in [-0.3, -0.25) is 0 Å². The Morgan fingerprint density at radius 1 is 0.900 bits per heavy atom. The van der Waals surface area contributed by atoms with Crippen LogP contribution in [0.25, 0.3) is 22.4 Å². The minimum atomic E-state index is 0.456. The number of nitrogens with zero attached hydrogens (tertiary/aromatic N) is 2. The van der Waals surface area contributed by atoms with Gasteiger partial charge in [-0.1, -0.05) is 75.7 Å². The summed E-state index contributed by atoms with van der Waals surface area (Å²) in [6.07, 6.45) is 2.30. The number of imidazole rings is 1. The molecule has 4 rings (SSSR count). The van der Waals surface area contributed by atoms with Crippen LogP contribution in [0.2, 0.25) is 0 Å². The summed E-state index contributed by atoms with van der Waals surface area (Å²) in [5.41, 5.74) is 8.22. The number of nitrogens with one attached hydrogen (secondary N) is 1. The average Bonchev–Trinajstić information content (AvgIpc) is 3.12. The molecule has 0 atom stereocenters. The fourth-order valence-corrected chi connectivity index (χ4v) is 4.08. The van der Waals surface area contributed by atoms with E-state index in [9.17, 15) is 0 Å². The maximum absolute atomic E-state index is 5.17. The van der Waals surface area contributed by atoms with Crippen LogP contribution in [0, 0.1) is 6.92 Å². The Hall–Kier alpha value is -3.07. The largest absolute Gasteiger partial charge is 0.353 e. The van der Waals surface area contributed by atoms with E-state index in [2.05, 4.69) is 104 Å². The van der Waals surface area contributed by atoms with Crippen LogP contribution in [0.1, 0.15) is 50.7 Å². The molecule has 0 aliphatic carbocycles. The molecule has 0 aliphatic heterocycles. The Morgan fingerprint density at radius 3 is 2.40 bits per heavy atom. The van der Waals surface area contributed by atoms with Gasteiger partial charge in [0.05, 0.1) is 11.2 Å². The van der Waals surface area contributed by atoms with Crippen LogP contribution >= 0.6 is 0 Å². The molecule has 0 saturated heterocycles. The maximum atomic E-state index is 5.17. The van der Waals surface area contributed by atoms with Gasteiger partial charge in [-0.25, -0.2) is 4.98 Å². The number of aryl methyl sites for hydroxylation is 2. The van der Waals surface area contributed by atoms with E-state index in [1.54, 1.807) is 0 Å². The van der Waals surface area contributed by atoms with Crippen molar-refractivity contribution in [1.82, 2.24) is 9.55 Å². The van der Waals surface area contributed by atoms with Crippen molar-refractivity contribution in [1.29, 1.82) is 0 Å². The Balaban J connectivity index is 1.87. The van der Waals surface area contributed by atoms with E-state index in [-0.39, 0.29) is 0 Å². The van der Waals surface area contributed by atoms with Crippen molar-refractivity contribution in [2.24, 2.45) is 0 Å². The van der Waals surface area contributed by atoms with Gasteiger partial charge in [-0.05, 0) is 48.6 Å². The SMILES string of the molecule is CCCCn1c(-c2ccccc2C)nc2c(Nc3ccccc3C(C)C)cccc21. The monoisotopic (exact) mass is 397 g/mol. The van der Waals surface area contributed by atoms with Crippen LogP contribution in [-0.4, -0.2) is 9.55 Å². The number of hydrogen-bond acceptors (Lipinski definition) is 2. The van der Waals surface area contributed by atoms with E-state index < -0.39 is 0 Å². The smallest absolute Gasteiger partial charge is 0.141 e. The molecule has 30 heavy (non-hydrogen) atoms. The van der Waals surface area contributed by atoms with Crippen molar-refractivity contribution in [2.75, 3.05) is 5.32 Å². The summed E-state index contributed by atoms with van der Waals surface area (Å²) in [7, 11) is 0. The number of fused-ring (bicyclic) bond motifs is 1. The van der Waals surface area contributed by atoms with Gasteiger partial charge in [-0.15, -0.1) is 0 Å². The van der Waals surface area contributed by atoms with Gasteiger partial charge in [0.2, 0.25) is 0 Å². The van der Waals surface area contributed by atoms with E-state index in [0.717, 1.165) is 42.1 Å². The number of hydrogen-bond donors (Lipinski definition) is 1. The first kappa shape index (κ1) is 20.2. The molecule has 0 amide bonds. The standard InChI is InChI=1S/C27H31N3/c1-5-6-18-30-25-17-11-16-24(28-23-15-10-9-13-21(23)19(2)3)26(25)29-27(30)22-14-8-7-12-20(22)4/h7-17,19,28H,5-6,18H2,1-4H3. The van der Waals surface area contributed by atoms with Crippen LogP contribution in [0.3, 0.4) is 0 Å². The van der Waals surface area contributed by atoms with Crippen molar-refractivity contribution >= 4 is 22.4 Å². The van der Waals surface area contributed by atoms with Crippen molar-refractivity contribution in [3.8, 4) is 11.4 Å². The number of para-hydroxylation sites is 2. The molecule has 0 fully saturated rings. The second kappa shape index (κ2) is 8.74. The first-order valence-corrected chi connectivity index (χ1v) is 11.0. The normalized spacial score (nSPS) is 11.4. The van der Waals surface area contributed by atoms with Crippen LogP contribution in [0.4, 0.5) is 11.4 Å². The third kappa shape index (κ3) is 3.85. The predicted molar refractivity (Wildman–Crippen MR) is 129 cm³/mol. The molecule has 154 valence electrons. The molecule has 0 spiro atoms. The van der Waals surface area contributed by atoms with Crippen molar-refractivity contribution in [3.05, 3.63) is 77.9 Å². The molecule has 4 aromatic rings. The highest BCUT2D eigenvalue weighted by molar-refractivity contribution is 5.93. The van der Waals surface area contributed by atoms with Crippen molar-refractivity contribution < 1.29 is 0 Å². The lowest BCUT2D eigenvalue weighted by Gasteiger charge is -2.15. The summed E-state index contributed by atoms with van der Waals surface area (Å²) >= 11 is 0. The summed E-state index contributed by atoms with van der Waals surface area (Å²) in [5.74, 6) is 1.51. The topological polar surface area (TPSA) is 29.9 Å². The van der Waals surface area contributed by atoms with Gasteiger partial charge in [-0.2, -0.15) is 0 Å². The summed E-state index contributed by atoms with van der Waals surface area (Å²) < 4.78 is 2.39. The van der Waals surface area contributed by atoms with Gasteiger partial charge in [0, 0.05) is 17.8 Å². The minimum absolute atomic E-state index is 0.456. The molecular weight excluding hydrogens is 366 g/mol. The number of rotatable bonds is 7. The molecule has 0 aliphatic rings. The number of benzene rings is 3. The van der Waals surface area contributed by atoms with E-state index in [4.69, 9.17) is 4.98 Å². The van der Waals surface area contributed by atoms with Gasteiger partial charge in [0.15, 0.2) is 0 Å². The van der Waals surface area contributed by atoms with Crippen LogP contribution in [0.15, 0.2) is 66.7 Å². The molecule has 1 heterocycles. The summed E-state index contributed by atoms with van der Waals surface area (Å²) in [5, 5.41) is 3.68. The van der Waals surface area contributed by atoms with E-state index in [1.165, 1.54) is 22.2 Å². The van der Waals surface area contributed by atoms with Crippen LogP contribution in [0.5, 0.6) is 0 Å². The van der Waals surface area contributed by atoms with Gasteiger partial charge >= 0.3 is 0 Å². The zero-order valence-corrected chi connectivity index (χ0v) is 18.4. The fraction of sp³-hybridized carbons (Fsp3) is 0.296. The zero-order valence-electron chi connectivity index (χ0n) is 18.4. The molecule has 3 nitrogen and oxygen atoms in total. The maximum Gasteiger partial charge on any atom is 0.141 e. The lowest BCUT2D eigenvalue weighted by atomic mass is 10.0. The summed E-state index contributed by atoms with van der Waals surface area (Å²) in [6, 6.07) is 23.6. The lowest BCUT2D eigenvalue weighted by molar-refractivity contribution is 0.651. The third-order valence-electron chi connectivity index (χ3n) is 5.75. The quantitative estimate of drug-likeness (QED) is 0.346. The molecule has 0 saturated carbocycles. The third-order valence-corrected chi connectivity index (χ3v) is 5.75. The van der Waals surface area contributed by atoms with E-state index >= 15 is 0 Å². The molecule has 0 unspecified atom stereocenters. The van der Waals surface area contributed by atoms with Gasteiger partial charge in [0.1, 0.15) is 11.3 Å². The number of unbranched alkanes of at least 4 members (excludes halogenated alkanes) is 1. The Morgan fingerprint density at radius 2 is 1.63 bits per heavy atom. The zero-order chi connectivity index (χ0) is 21.1. The summed E-state index contributed by atoms with van der Waals surface area (Å²) in [6.45, 7) is 9.84. The Kier molecular flexibility index (Phi) is 5.89. The van der Waals surface area contributed by atoms with E-state index in [0.29, 0.717) is 5.92 Å². The molecule has 1 aromatic heterocycles. The fourth-order valence-electron chi connectivity index (χ4n) is 4.08. The number of aromatic nitrogens is 2. The average molecular weight is 398 g/mol. The number of anilines is 2. The van der Waals surface area contributed by atoms with Crippen molar-refractivity contribution in [3.63, 3.8) is 0 Å². The Bertz CT molecular complexity index is 1150. The second-order valence-electron chi connectivity index (χ2n) is 8.30. The van der Waals surface area contributed by atoms with Gasteiger partial charge < -0.3 is 9.88 Å². The highest BCUT2D eigenvalue weighted by Crippen LogP contribution is 2.34. The molecule has 3 aromatic carbocycles. The lowest BCUT2D eigenvalue weighted by Crippen LogP contribution is -2.01. The van der Waals surface area contributed by atoms with Gasteiger partial charge in [0.25, 0.3) is 0 Å². The molecule has 0 radical (unpaired) electrons. The van der Waals surface area contributed by atoms with Crippen LogP contribution < -0.4 is 5.32 Å². The molecule has 0 bridgehead atoms. The highest BCUT2D eigenvalue weighted by atomic mass is 15.1. The first-order valence-electron chi connectivity index (χ1n) is 11.0. The Labute approximate surface area is 179 Å². The second-order valence-corrected chi connectivity index (χ2v) is 8.30. The molecule has 1 N–H and O–H groups in total. The van der Waals surface area contributed by atoms with Crippen molar-refractivity contribution in [2.45, 2.75) is 53.0 Å².